The van der Waals surface area contributed by atoms with Gasteiger partial charge in [-0.05, 0) is 83.5 Å². The predicted molar refractivity (Wildman–Crippen MR) is 235 cm³/mol. The van der Waals surface area contributed by atoms with Crippen LogP contribution in [0.5, 0.6) is 0 Å². The summed E-state index contributed by atoms with van der Waals surface area (Å²) in [5.74, 6) is -2.12. The molecule has 0 spiro atoms. The van der Waals surface area contributed by atoms with Crippen LogP contribution in [0.4, 0.5) is 0 Å². The van der Waals surface area contributed by atoms with Crippen LogP contribution in [0.3, 0.4) is 0 Å². The molecule has 0 aromatic heterocycles. The molecule has 0 fully saturated rings. The zero-order valence-electron chi connectivity index (χ0n) is 36.5. The van der Waals surface area contributed by atoms with Crippen LogP contribution < -0.4 is 0 Å². The van der Waals surface area contributed by atoms with Crippen molar-refractivity contribution >= 4 is 17.9 Å². The lowest BCUT2D eigenvalue weighted by atomic mass is 10.1. The summed E-state index contributed by atoms with van der Waals surface area (Å²) >= 11 is 0. The Hall–Kier alpha value is -3.53. The first-order valence-electron chi connectivity index (χ1n) is 21.8. The number of allylic oxidation sites excluding steroid dienone is 14. The number of nitrogens with zero attached hydrogens (tertiary/aromatic N) is 1. The van der Waals surface area contributed by atoms with Crippen LogP contribution in [0.25, 0.3) is 0 Å². The Bertz CT molecular complexity index is 1210. The van der Waals surface area contributed by atoms with E-state index in [4.69, 9.17) is 18.9 Å². The minimum atomic E-state index is -1.53. The van der Waals surface area contributed by atoms with E-state index in [-0.39, 0.29) is 38.6 Å². The number of carboxylic acid groups (broad SMARTS) is 1. The summed E-state index contributed by atoms with van der Waals surface area (Å²) in [6.07, 6.45) is 46.5. The first-order chi connectivity index (χ1) is 27.6. The van der Waals surface area contributed by atoms with Gasteiger partial charge in [-0.1, -0.05) is 131 Å². The molecular weight excluding hydrogens is 719 g/mol. The van der Waals surface area contributed by atoms with E-state index in [1.54, 1.807) is 0 Å². The summed E-state index contributed by atoms with van der Waals surface area (Å²) < 4.78 is 22.6. The maximum atomic E-state index is 12.7. The number of quaternary nitrogens is 1. The molecule has 0 amide bonds. The van der Waals surface area contributed by atoms with E-state index in [0.717, 1.165) is 77.0 Å². The van der Waals surface area contributed by atoms with E-state index in [1.165, 1.54) is 25.7 Å². The largest absolute Gasteiger partial charge is 0.477 e. The van der Waals surface area contributed by atoms with Crippen molar-refractivity contribution in [1.82, 2.24) is 0 Å². The molecule has 0 aliphatic carbocycles. The molecule has 0 aromatic carbocycles. The SMILES string of the molecule is CC/C=C\C/C=C\C/C=C\C/C=C\C/C=C\CCCC(=O)OC(COC(=O)CCCCCCC/C=C\C/C=C\CCCCC)COC(OCC[N+](C)(C)C)C(=O)O. The maximum Gasteiger partial charge on any atom is 0.361 e. The molecule has 0 radical (unpaired) electrons. The molecule has 0 saturated carbocycles. The Morgan fingerprint density at radius 3 is 1.54 bits per heavy atom. The quantitative estimate of drug-likeness (QED) is 0.0216. The molecule has 0 rings (SSSR count). The fourth-order valence-electron chi connectivity index (χ4n) is 5.25. The molecule has 0 aromatic rings. The second-order valence-corrected chi connectivity index (χ2v) is 15.3. The van der Waals surface area contributed by atoms with Crippen molar-refractivity contribution in [2.24, 2.45) is 0 Å². The van der Waals surface area contributed by atoms with Gasteiger partial charge in [-0.25, -0.2) is 4.79 Å². The molecule has 2 atom stereocenters. The Morgan fingerprint density at radius 2 is 1.02 bits per heavy atom. The van der Waals surface area contributed by atoms with Gasteiger partial charge in [0.2, 0.25) is 0 Å². The average molecular weight is 799 g/mol. The number of hydrogen-bond acceptors (Lipinski definition) is 7. The van der Waals surface area contributed by atoms with E-state index in [9.17, 15) is 19.5 Å². The van der Waals surface area contributed by atoms with Crippen LogP contribution >= 0.6 is 0 Å². The second-order valence-electron chi connectivity index (χ2n) is 15.3. The number of likely N-dealkylation sites (N-methyl/N-ethyl adjacent to an activating group) is 1. The normalized spacial score (nSPS) is 13.8. The second kappa shape index (κ2) is 39.3. The van der Waals surface area contributed by atoms with E-state index in [0.29, 0.717) is 23.9 Å². The number of rotatable bonds is 38. The average Bonchev–Trinajstić information content (AvgIpc) is 3.17. The van der Waals surface area contributed by atoms with Gasteiger partial charge < -0.3 is 28.5 Å². The molecule has 0 saturated heterocycles. The smallest absolute Gasteiger partial charge is 0.361 e. The molecule has 57 heavy (non-hydrogen) atoms. The summed E-state index contributed by atoms with van der Waals surface area (Å²) in [4.78, 5) is 37.0. The maximum absolute atomic E-state index is 12.7. The summed E-state index contributed by atoms with van der Waals surface area (Å²) in [6.45, 7) is 4.61. The zero-order valence-corrected chi connectivity index (χ0v) is 36.5. The number of unbranched alkanes of at least 4 members (excludes halogenated alkanes) is 9. The third-order valence-electron chi connectivity index (χ3n) is 8.64. The van der Waals surface area contributed by atoms with Crippen molar-refractivity contribution in [2.45, 2.75) is 155 Å². The van der Waals surface area contributed by atoms with E-state index in [1.807, 2.05) is 27.2 Å². The summed E-state index contributed by atoms with van der Waals surface area (Å²) in [6, 6.07) is 0. The standard InChI is InChI=1S/C48H79NO8/c1-6-8-10-12-14-16-18-20-22-23-25-27-29-31-33-35-37-39-46(51)57-44(43-56-48(47(52)53)54-41-40-49(3,4)5)42-55-45(50)38-36-34-32-30-28-26-24-21-19-17-15-13-11-9-7-2/h8,10,14-17,20-22,24-25,27,31,33,44,48H,6-7,9,11-13,18-19,23,26,28-30,32,34-43H2,1-5H3/p+1/b10-8-,16-14-,17-15-,22-20-,24-21-,27-25-,33-31-. The Morgan fingerprint density at radius 1 is 0.544 bits per heavy atom. The topological polar surface area (TPSA) is 108 Å². The van der Waals surface area contributed by atoms with Crippen LogP contribution in [-0.4, -0.2) is 87.4 Å². The fraction of sp³-hybridized carbons (Fsp3) is 0.646. The summed E-state index contributed by atoms with van der Waals surface area (Å²) in [5, 5.41) is 9.62. The number of hydrogen-bond donors (Lipinski definition) is 1. The van der Waals surface area contributed by atoms with Crippen molar-refractivity contribution < 1.29 is 42.9 Å². The molecule has 9 nitrogen and oxygen atoms in total. The minimum absolute atomic E-state index is 0.170. The van der Waals surface area contributed by atoms with Gasteiger partial charge in [0, 0.05) is 12.8 Å². The van der Waals surface area contributed by atoms with Gasteiger partial charge in [0.1, 0.15) is 13.2 Å². The molecular formula is C48H80NO8+. The van der Waals surface area contributed by atoms with Gasteiger partial charge in [0.25, 0.3) is 6.29 Å². The lowest BCUT2D eigenvalue weighted by molar-refractivity contribution is -0.870. The molecule has 0 heterocycles. The third-order valence-corrected chi connectivity index (χ3v) is 8.64. The van der Waals surface area contributed by atoms with Crippen molar-refractivity contribution in [1.29, 1.82) is 0 Å². The van der Waals surface area contributed by atoms with Gasteiger partial charge in [-0.3, -0.25) is 9.59 Å². The third kappa shape index (κ3) is 40.5. The van der Waals surface area contributed by atoms with Gasteiger partial charge in [-0.15, -0.1) is 0 Å². The molecule has 2 unspecified atom stereocenters. The first-order valence-corrected chi connectivity index (χ1v) is 21.8. The van der Waals surface area contributed by atoms with Crippen LogP contribution in [0, 0.1) is 0 Å². The number of esters is 2. The highest BCUT2D eigenvalue weighted by molar-refractivity contribution is 5.71. The van der Waals surface area contributed by atoms with Crippen molar-refractivity contribution in [3.05, 3.63) is 85.1 Å². The van der Waals surface area contributed by atoms with Crippen molar-refractivity contribution in [3.8, 4) is 0 Å². The molecule has 9 heteroatoms. The van der Waals surface area contributed by atoms with Crippen LogP contribution in [0.15, 0.2) is 85.1 Å². The first kappa shape index (κ1) is 53.5. The Labute approximate surface area is 347 Å². The summed E-state index contributed by atoms with van der Waals surface area (Å²) in [7, 11) is 5.92. The van der Waals surface area contributed by atoms with Crippen molar-refractivity contribution in [3.63, 3.8) is 0 Å². The molecule has 0 bridgehead atoms. The molecule has 0 aliphatic heterocycles. The van der Waals surface area contributed by atoms with E-state index < -0.39 is 24.3 Å². The Kier molecular flexibility index (Phi) is 36.9. The van der Waals surface area contributed by atoms with Gasteiger partial charge >= 0.3 is 17.9 Å². The number of ether oxygens (including phenoxy) is 4. The lowest BCUT2D eigenvalue weighted by Gasteiger charge is -2.25. The van der Waals surface area contributed by atoms with Gasteiger partial charge in [0.05, 0.1) is 34.4 Å². The summed E-state index contributed by atoms with van der Waals surface area (Å²) in [5.41, 5.74) is 0. The van der Waals surface area contributed by atoms with Crippen LogP contribution in [0.2, 0.25) is 0 Å². The number of aliphatic carboxylic acids is 1. The lowest BCUT2D eigenvalue weighted by Crippen LogP contribution is -2.40. The number of carboxylic acids is 1. The number of carbonyl (C=O) groups is 3. The molecule has 324 valence electrons. The van der Waals surface area contributed by atoms with Crippen LogP contribution in [-0.2, 0) is 33.3 Å². The van der Waals surface area contributed by atoms with Gasteiger partial charge in [-0.2, -0.15) is 0 Å². The van der Waals surface area contributed by atoms with Gasteiger partial charge in [0.15, 0.2) is 6.10 Å². The fourth-order valence-corrected chi connectivity index (χ4v) is 5.25. The van der Waals surface area contributed by atoms with E-state index >= 15 is 0 Å². The highest BCUT2D eigenvalue weighted by atomic mass is 16.7. The van der Waals surface area contributed by atoms with Crippen LogP contribution in [0.1, 0.15) is 142 Å². The highest BCUT2D eigenvalue weighted by Crippen LogP contribution is 2.11. The molecule has 0 aliphatic rings. The number of carbonyl (C=O) groups excluding carboxylic acids is 2. The zero-order chi connectivity index (χ0) is 42.1. The minimum Gasteiger partial charge on any atom is -0.477 e. The predicted octanol–water partition coefficient (Wildman–Crippen LogP) is 11.3. The molecule has 1 N–H and O–H groups in total. The Balaban J connectivity index is 4.61. The van der Waals surface area contributed by atoms with E-state index in [2.05, 4.69) is 92.8 Å². The monoisotopic (exact) mass is 799 g/mol. The van der Waals surface area contributed by atoms with Crippen molar-refractivity contribution in [2.75, 3.05) is 47.5 Å². The highest BCUT2D eigenvalue weighted by Gasteiger charge is 2.25.